The molecule has 1 N–H and O–H groups in total. The van der Waals surface area contributed by atoms with E-state index >= 15 is 0 Å². The quantitative estimate of drug-likeness (QED) is 0.844. The second-order valence-corrected chi connectivity index (χ2v) is 6.31. The molecule has 0 fully saturated rings. The van der Waals surface area contributed by atoms with E-state index < -0.39 is 11.4 Å². The molecule has 0 saturated carbocycles. The van der Waals surface area contributed by atoms with Crippen LogP contribution in [-0.2, 0) is 25.0 Å². The Hall–Kier alpha value is -0.970. The predicted octanol–water partition coefficient (Wildman–Crippen LogP) is 2.73. The Labute approximate surface area is 112 Å². The molecule has 0 amide bonds. The maximum Gasteiger partial charge on any atom is 0.132 e. The molecule has 0 bridgehead atoms. The first-order valence-electron chi connectivity index (χ1n) is 6.30. The SMILES string of the molecule is CCC(C)[S+]([O-])NCc1cccc2ccn(C)c12. The number of hydrogen-bond acceptors (Lipinski definition) is 2. The molecule has 0 saturated heterocycles. The molecule has 98 valence electrons. The van der Waals surface area contributed by atoms with E-state index in [-0.39, 0.29) is 5.25 Å². The largest absolute Gasteiger partial charge is 0.598 e. The second kappa shape index (κ2) is 5.78. The molecule has 0 spiro atoms. The first-order chi connectivity index (χ1) is 8.63. The fourth-order valence-corrected chi connectivity index (χ4v) is 2.91. The third kappa shape index (κ3) is 2.71. The molecule has 3 nitrogen and oxygen atoms in total. The summed E-state index contributed by atoms with van der Waals surface area (Å²) >= 11 is -0.962. The van der Waals surface area contributed by atoms with Gasteiger partial charge in [0.1, 0.15) is 5.25 Å². The van der Waals surface area contributed by atoms with Crippen LogP contribution in [-0.4, -0.2) is 14.4 Å². The van der Waals surface area contributed by atoms with Gasteiger partial charge >= 0.3 is 0 Å². The van der Waals surface area contributed by atoms with Crippen molar-refractivity contribution in [2.24, 2.45) is 7.05 Å². The summed E-state index contributed by atoms with van der Waals surface area (Å²) in [5, 5.41) is 1.42. The predicted molar refractivity (Wildman–Crippen MR) is 77.7 cm³/mol. The standard InChI is InChI=1S/C14H20N2OS/c1-4-11(2)18(17)15-10-13-7-5-6-12-8-9-16(3)14(12)13/h5-9,11,15H,4,10H2,1-3H3. The van der Waals surface area contributed by atoms with Crippen LogP contribution in [0.25, 0.3) is 10.9 Å². The number of benzene rings is 1. The lowest BCUT2D eigenvalue weighted by molar-refractivity contribution is 0.565. The molecule has 0 aliphatic carbocycles. The minimum atomic E-state index is -0.962. The van der Waals surface area contributed by atoms with Gasteiger partial charge in [0.15, 0.2) is 0 Å². The average Bonchev–Trinajstić information content (AvgIpc) is 2.77. The minimum absolute atomic E-state index is 0.192. The van der Waals surface area contributed by atoms with Crippen molar-refractivity contribution >= 4 is 22.3 Å². The van der Waals surface area contributed by atoms with Crippen molar-refractivity contribution in [1.29, 1.82) is 0 Å². The van der Waals surface area contributed by atoms with Gasteiger partial charge in [0.2, 0.25) is 0 Å². The molecular weight excluding hydrogens is 244 g/mol. The lowest BCUT2D eigenvalue weighted by Gasteiger charge is -2.17. The molecule has 0 aliphatic rings. The van der Waals surface area contributed by atoms with E-state index in [2.05, 4.69) is 40.6 Å². The van der Waals surface area contributed by atoms with Gasteiger partial charge in [-0.05, 0) is 30.4 Å². The van der Waals surface area contributed by atoms with Gasteiger partial charge in [-0.25, -0.2) is 0 Å². The van der Waals surface area contributed by atoms with E-state index in [4.69, 9.17) is 0 Å². The lowest BCUT2D eigenvalue weighted by atomic mass is 10.1. The Morgan fingerprint density at radius 1 is 1.39 bits per heavy atom. The summed E-state index contributed by atoms with van der Waals surface area (Å²) in [5.74, 6) is 0. The van der Waals surface area contributed by atoms with Crippen molar-refractivity contribution in [1.82, 2.24) is 9.29 Å². The molecule has 1 aromatic heterocycles. The summed E-state index contributed by atoms with van der Waals surface area (Å²) < 4.78 is 17.1. The van der Waals surface area contributed by atoms with Crippen LogP contribution < -0.4 is 4.72 Å². The topological polar surface area (TPSA) is 40.0 Å². The number of fused-ring (bicyclic) bond motifs is 1. The molecule has 1 heterocycles. The normalized spacial score (nSPS) is 14.9. The molecule has 2 atom stereocenters. The average molecular weight is 264 g/mol. The zero-order chi connectivity index (χ0) is 13.1. The maximum atomic E-state index is 11.9. The maximum absolute atomic E-state index is 11.9. The first-order valence-corrected chi connectivity index (χ1v) is 7.51. The Bertz CT molecular complexity index is 523. The van der Waals surface area contributed by atoms with Gasteiger partial charge in [0, 0.05) is 24.6 Å². The number of para-hydroxylation sites is 1. The van der Waals surface area contributed by atoms with Crippen molar-refractivity contribution in [3.8, 4) is 0 Å². The summed E-state index contributed by atoms with van der Waals surface area (Å²) in [6, 6.07) is 8.34. The smallest absolute Gasteiger partial charge is 0.132 e. The Morgan fingerprint density at radius 2 is 2.17 bits per heavy atom. The third-order valence-corrected chi connectivity index (χ3v) is 4.82. The Balaban J connectivity index is 2.14. The third-order valence-electron chi connectivity index (χ3n) is 3.33. The van der Waals surface area contributed by atoms with Crippen LogP contribution in [0.4, 0.5) is 0 Å². The molecular formula is C14H20N2OS. The van der Waals surface area contributed by atoms with Crippen molar-refractivity contribution in [2.75, 3.05) is 0 Å². The highest BCUT2D eigenvalue weighted by Crippen LogP contribution is 2.19. The van der Waals surface area contributed by atoms with Crippen molar-refractivity contribution in [3.05, 3.63) is 36.0 Å². The molecule has 1 aromatic carbocycles. The van der Waals surface area contributed by atoms with Crippen LogP contribution >= 0.6 is 0 Å². The van der Waals surface area contributed by atoms with E-state index in [0.29, 0.717) is 6.54 Å². The number of rotatable bonds is 5. The highest BCUT2D eigenvalue weighted by atomic mass is 32.2. The summed E-state index contributed by atoms with van der Waals surface area (Å²) in [6.45, 7) is 4.71. The number of aryl methyl sites for hydroxylation is 1. The van der Waals surface area contributed by atoms with E-state index in [0.717, 1.165) is 6.42 Å². The lowest BCUT2D eigenvalue weighted by Crippen LogP contribution is -2.31. The van der Waals surface area contributed by atoms with E-state index in [1.165, 1.54) is 16.5 Å². The van der Waals surface area contributed by atoms with Crippen molar-refractivity contribution in [3.63, 3.8) is 0 Å². The highest BCUT2D eigenvalue weighted by molar-refractivity contribution is 7.90. The van der Waals surface area contributed by atoms with Crippen LogP contribution in [0.3, 0.4) is 0 Å². The molecule has 2 unspecified atom stereocenters. The zero-order valence-corrected chi connectivity index (χ0v) is 12.0. The fourth-order valence-electron chi connectivity index (χ4n) is 2.03. The number of hydrogen-bond donors (Lipinski definition) is 1. The number of nitrogens with one attached hydrogen (secondary N) is 1. The van der Waals surface area contributed by atoms with E-state index in [9.17, 15) is 4.55 Å². The fraction of sp³-hybridized carbons (Fsp3) is 0.429. The number of nitrogens with zero attached hydrogens (tertiary/aromatic N) is 1. The van der Waals surface area contributed by atoms with E-state index in [1.807, 2.05) is 20.0 Å². The van der Waals surface area contributed by atoms with E-state index in [1.54, 1.807) is 0 Å². The van der Waals surface area contributed by atoms with Crippen LogP contribution in [0.15, 0.2) is 30.5 Å². The summed E-state index contributed by atoms with van der Waals surface area (Å²) in [4.78, 5) is 0. The van der Waals surface area contributed by atoms with Gasteiger partial charge in [0.25, 0.3) is 0 Å². The van der Waals surface area contributed by atoms with Gasteiger partial charge in [0.05, 0.1) is 12.1 Å². The van der Waals surface area contributed by atoms with Crippen molar-refractivity contribution < 1.29 is 4.55 Å². The van der Waals surface area contributed by atoms with Gasteiger partial charge in [-0.3, -0.25) is 0 Å². The summed E-state index contributed by atoms with van der Waals surface area (Å²) in [6.07, 6.45) is 2.98. The minimum Gasteiger partial charge on any atom is -0.598 e. The summed E-state index contributed by atoms with van der Waals surface area (Å²) in [5.41, 5.74) is 2.41. The Kier molecular flexibility index (Phi) is 4.32. The van der Waals surface area contributed by atoms with Crippen molar-refractivity contribution in [2.45, 2.75) is 32.1 Å². The second-order valence-electron chi connectivity index (χ2n) is 4.62. The van der Waals surface area contributed by atoms with Gasteiger partial charge in [-0.1, -0.05) is 25.1 Å². The van der Waals surface area contributed by atoms with Gasteiger partial charge < -0.3 is 9.12 Å². The molecule has 0 aliphatic heterocycles. The zero-order valence-electron chi connectivity index (χ0n) is 11.1. The molecule has 2 aromatic rings. The molecule has 2 rings (SSSR count). The molecule has 4 heteroatoms. The van der Waals surface area contributed by atoms with Gasteiger partial charge in [-0.2, -0.15) is 0 Å². The molecule has 18 heavy (non-hydrogen) atoms. The number of aromatic nitrogens is 1. The molecule has 0 radical (unpaired) electrons. The van der Waals surface area contributed by atoms with Gasteiger partial charge in [-0.15, -0.1) is 4.72 Å². The van der Waals surface area contributed by atoms with Crippen LogP contribution in [0, 0.1) is 0 Å². The highest BCUT2D eigenvalue weighted by Gasteiger charge is 2.15. The Morgan fingerprint density at radius 3 is 2.89 bits per heavy atom. The monoisotopic (exact) mass is 264 g/mol. The van der Waals surface area contributed by atoms with Crippen LogP contribution in [0.2, 0.25) is 0 Å². The summed E-state index contributed by atoms with van der Waals surface area (Å²) in [7, 11) is 2.04. The van der Waals surface area contributed by atoms with Crippen LogP contribution in [0.5, 0.6) is 0 Å². The first kappa shape index (κ1) is 13.5. The van der Waals surface area contributed by atoms with Crippen LogP contribution in [0.1, 0.15) is 25.8 Å².